The monoisotopic (exact) mass is 408 g/mol. The second-order valence-corrected chi connectivity index (χ2v) is 8.46. The van der Waals surface area contributed by atoms with Gasteiger partial charge in [-0.15, -0.1) is 11.3 Å². The van der Waals surface area contributed by atoms with E-state index in [1.165, 1.54) is 9.75 Å². The minimum absolute atomic E-state index is 0.141. The molecular formula is C21H24N6OS. The maximum atomic E-state index is 12.5. The van der Waals surface area contributed by atoms with Gasteiger partial charge in [0.05, 0.1) is 29.3 Å². The van der Waals surface area contributed by atoms with Crippen LogP contribution < -0.4 is 16.3 Å². The molecule has 1 saturated heterocycles. The SMILES string of the molecule is Cc1ccc(C2CC(C(=O)N/N=C/c3c(C)nn(-c4ccccc4)c3C)NN2)s1. The fourth-order valence-corrected chi connectivity index (χ4v) is 4.40. The molecule has 1 aromatic carbocycles. The first-order valence-corrected chi connectivity index (χ1v) is 10.4. The van der Waals surface area contributed by atoms with Crippen molar-refractivity contribution in [1.82, 2.24) is 26.1 Å². The zero-order chi connectivity index (χ0) is 20.4. The topological polar surface area (TPSA) is 83.3 Å². The van der Waals surface area contributed by atoms with Crippen LogP contribution in [0.3, 0.4) is 0 Å². The van der Waals surface area contributed by atoms with E-state index in [9.17, 15) is 4.79 Å². The molecule has 3 N–H and O–H groups in total. The van der Waals surface area contributed by atoms with Crippen LogP contribution in [0.15, 0.2) is 47.6 Å². The van der Waals surface area contributed by atoms with Crippen LogP contribution in [0.2, 0.25) is 0 Å². The molecule has 0 radical (unpaired) electrons. The first-order chi connectivity index (χ1) is 14.0. The Bertz CT molecular complexity index is 1040. The van der Waals surface area contributed by atoms with E-state index in [1.54, 1.807) is 17.6 Å². The minimum atomic E-state index is -0.325. The van der Waals surface area contributed by atoms with E-state index >= 15 is 0 Å². The molecule has 0 spiro atoms. The highest BCUT2D eigenvalue weighted by atomic mass is 32.1. The van der Waals surface area contributed by atoms with Gasteiger partial charge in [0.2, 0.25) is 0 Å². The molecule has 1 amide bonds. The summed E-state index contributed by atoms with van der Waals surface area (Å²) in [5.41, 5.74) is 12.6. The van der Waals surface area contributed by atoms with E-state index in [1.807, 2.05) is 48.9 Å². The van der Waals surface area contributed by atoms with E-state index in [4.69, 9.17) is 0 Å². The first-order valence-electron chi connectivity index (χ1n) is 9.55. The fourth-order valence-electron chi connectivity index (χ4n) is 3.46. The molecule has 150 valence electrons. The van der Waals surface area contributed by atoms with Crippen molar-refractivity contribution in [1.29, 1.82) is 0 Å². The Kier molecular flexibility index (Phi) is 5.57. The lowest BCUT2D eigenvalue weighted by molar-refractivity contribution is -0.122. The number of amides is 1. The molecule has 8 heteroatoms. The van der Waals surface area contributed by atoms with Crippen molar-refractivity contribution < 1.29 is 4.79 Å². The summed E-state index contributed by atoms with van der Waals surface area (Å²) in [6, 6.07) is 14.0. The summed E-state index contributed by atoms with van der Waals surface area (Å²) in [4.78, 5) is 15.0. The van der Waals surface area contributed by atoms with Crippen molar-refractivity contribution in [3.8, 4) is 5.69 Å². The average Bonchev–Trinajstić information content (AvgIpc) is 3.43. The number of nitrogens with zero attached hydrogens (tertiary/aromatic N) is 3. The lowest BCUT2D eigenvalue weighted by Crippen LogP contribution is -2.41. The standard InChI is InChI=1S/C21H24N6OS/c1-13-9-10-20(29-13)18-11-19(24-23-18)21(28)25-22-12-17-14(2)26-27(15(17)3)16-7-5-4-6-8-16/h4-10,12,18-19,23-24H,11H2,1-3H3,(H,25,28)/b22-12+. The maximum absolute atomic E-state index is 12.5. The second kappa shape index (κ2) is 8.28. The summed E-state index contributed by atoms with van der Waals surface area (Å²) < 4.78 is 1.88. The van der Waals surface area contributed by atoms with Gasteiger partial charge >= 0.3 is 0 Å². The van der Waals surface area contributed by atoms with Crippen molar-refractivity contribution in [2.75, 3.05) is 0 Å². The van der Waals surface area contributed by atoms with E-state index < -0.39 is 0 Å². The molecule has 1 aliphatic heterocycles. The lowest BCUT2D eigenvalue weighted by atomic mass is 10.1. The largest absolute Gasteiger partial charge is 0.271 e. The summed E-state index contributed by atoms with van der Waals surface area (Å²) in [7, 11) is 0. The summed E-state index contributed by atoms with van der Waals surface area (Å²) >= 11 is 1.74. The Balaban J connectivity index is 1.39. The van der Waals surface area contributed by atoms with Gasteiger partial charge in [-0.2, -0.15) is 10.2 Å². The molecule has 4 rings (SSSR count). The molecule has 1 fully saturated rings. The second-order valence-electron chi connectivity index (χ2n) is 7.14. The number of benzene rings is 1. The van der Waals surface area contributed by atoms with Gasteiger partial charge in [-0.3, -0.25) is 4.79 Å². The van der Waals surface area contributed by atoms with Crippen LogP contribution in [-0.2, 0) is 4.79 Å². The van der Waals surface area contributed by atoms with Gasteiger partial charge in [-0.05, 0) is 51.5 Å². The fraction of sp³-hybridized carbons (Fsp3) is 0.286. The molecule has 3 aromatic rings. The van der Waals surface area contributed by atoms with Gasteiger partial charge in [-0.25, -0.2) is 21.0 Å². The third-order valence-electron chi connectivity index (χ3n) is 5.04. The van der Waals surface area contributed by atoms with Crippen molar-refractivity contribution in [3.63, 3.8) is 0 Å². The number of thiophene rings is 1. The van der Waals surface area contributed by atoms with Gasteiger partial charge in [0.15, 0.2) is 0 Å². The number of aryl methyl sites for hydroxylation is 2. The highest BCUT2D eigenvalue weighted by Crippen LogP contribution is 2.28. The predicted octanol–water partition coefficient (Wildman–Crippen LogP) is 2.92. The smallest absolute Gasteiger partial charge is 0.258 e. The van der Waals surface area contributed by atoms with Crippen molar-refractivity contribution in [2.45, 2.75) is 39.3 Å². The number of hydrazine groups is 1. The Hall–Kier alpha value is -2.81. The van der Waals surface area contributed by atoms with Crippen LogP contribution in [0.4, 0.5) is 0 Å². The first kappa shape index (κ1) is 19.5. The molecular weight excluding hydrogens is 384 g/mol. The Morgan fingerprint density at radius 3 is 2.72 bits per heavy atom. The Labute approximate surface area is 173 Å². The zero-order valence-electron chi connectivity index (χ0n) is 16.6. The molecule has 2 aromatic heterocycles. The normalized spacial score (nSPS) is 19.1. The van der Waals surface area contributed by atoms with Crippen molar-refractivity contribution >= 4 is 23.5 Å². The van der Waals surface area contributed by atoms with E-state index in [2.05, 4.69) is 45.5 Å². The number of hydrogen-bond donors (Lipinski definition) is 3. The number of rotatable bonds is 5. The van der Waals surface area contributed by atoms with Gasteiger partial charge in [0, 0.05) is 15.3 Å². The van der Waals surface area contributed by atoms with Crippen LogP contribution in [0.1, 0.15) is 39.2 Å². The van der Waals surface area contributed by atoms with Crippen LogP contribution in [-0.4, -0.2) is 27.9 Å². The summed E-state index contributed by atoms with van der Waals surface area (Å²) in [6.07, 6.45) is 2.35. The minimum Gasteiger partial charge on any atom is -0.271 e. The van der Waals surface area contributed by atoms with Crippen LogP contribution in [0.25, 0.3) is 5.69 Å². The van der Waals surface area contributed by atoms with Crippen LogP contribution in [0, 0.1) is 20.8 Å². The third kappa shape index (κ3) is 4.14. The molecule has 29 heavy (non-hydrogen) atoms. The molecule has 0 aliphatic carbocycles. The summed E-state index contributed by atoms with van der Waals surface area (Å²) in [5, 5.41) is 8.77. The number of nitrogens with one attached hydrogen (secondary N) is 3. The number of hydrogen-bond acceptors (Lipinski definition) is 6. The van der Waals surface area contributed by atoms with E-state index in [0.29, 0.717) is 6.42 Å². The number of aromatic nitrogens is 2. The van der Waals surface area contributed by atoms with Gasteiger partial charge in [0.25, 0.3) is 5.91 Å². The molecule has 0 bridgehead atoms. The van der Waals surface area contributed by atoms with Gasteiger partial charge in [0.1, 0.15) is 6.04 Å². The molecule has 2 atom stereocenters. The average molecular weight is 409 g/mol. The number of carbonyl (C=O) groups excluding carboxylic acids is 1. The summed E-state index contributed by atoms with van der Waals surface area (Å²) in [6.45, 7) is 6.01. The molecule has 2 unspecified atom stereocenters. The highest BCUT2D eigenvalue weighted by Gasteiger charge is 2.30. The lowest BCUT2D eigenvalue weighted by Gasteiger charge is -2.07. The van der Waals surface area contributed by atoms with Crippen LogP contribution in [0.5, 0.6) is 0 Å². The third-order valence-corrected chi connectivity index (χ3v) is 6.16. The maximum Gasteiger partial charge on any atom is 0.258 e. The molecule has 3 heterocycles. The molecule has 1 aliphatic rings. The highest BCUT2D eigenvalue weighted by molar-refractivity contribution is 7.12. The Morgan fingerprint density at radius 2 is 2.00 bits per heavy atom. The predicted molar refractivity (Wildman–Crippen MR) is 115 cm³/mol. The number of para-hydroxylation sites is 1. The Morgan fingerprint density at radius 1 is 1.21 bits per heavy atom. The quantitative estimate of drug-likeness (QED) is 0.448. The van der Waals surface area contributed by atoms with Crippen molar-refractivity contribution in [2.24, 2.45) is 5.10 Å². The zero-order valence-corrected chi connectivity index (χ0v) is 17.5. The van der Waals surface area contributed by atoms with Gasteiger partial charge < -0.3 is 0 Å². The molecule has 0 saturated carbocycles. The van der Waals surface area contributed by atoms with Crippen molar-refractivity contribution in [3.05, 3.63) is 69.2 Å². The summed E-state index contributed by atoms with van der Waals surface area (Å²) in [5.74, 6) is -0.157. The van der Waals surface area contributed by atoms with Crippen LogP contribution >= 0.6 is 11.3 Å². The number of hydrazone groups is 1. The number of carbonyl (C=O) groups is 1. The van der Waals surface area contributed by atoms with E-state index in [0.717, 1.165) is 22.6 Å². The van der Waals surface area contributed by atoms with Gasteiger partial charge in [-0.1, -0.05) is 18.2 Å². The van der Waals surface area contributed by atoms with E-state index in [-0.39, 0.29) is 18.0 Å². The molecule has 7 nitrogen and oxygen atoms in total.